The minimum Gasteiger partial charge on any atom is -1.00 e. The summed E-state index contributed by atoms with van der Waals surface area (Å²) in [4.78, 5) is 33.1. The van der Waals surface area contributed by atoms with Crippen molar-refractivity contribution < 1.29 is 31.7 Å². The number of nitrogen functional groups attached to an aromatic ring is 1. The topological polar surface area (TPSA) is 110 Å². The molecule has 2 aromatic heterocycles. The Balaban J connectivity index is 0.000000343. The molecule has 0 saturated heterocycles. The number of carbonyl (C=O) groups is 2. The maximum atomic E-state index is 11.8. The molecular weight excluding hydrogens is 519 g/mol. The molecule has 0 atom stereocenters. The van der Waals surface area contributed by atoms with E-state index in [1.54, 1.807) is 66.1 Å². The Bertz CT molecular complexity index is 1220. The number of rotatable bonds is 7. The number of carbonyl (C=O) groups excluding carboxylic acids is 2. The molecule has 0 aliphatic carbocycles. The normalized spacial score (nSPS) is 9.75. The number of nitrogens with two attached hydrogens (primary N) is 1. The Morgan fingerprint density at radius 1 is 0.972 bits per heavy atom. The number of aliphatic hydroxyl groups is 1. The molecule has 0 radical (unpaired) electrons. The van der Waals surface area contributed by atoms with Gasteiger partial charge in [-0.15, -0.1) is 12.4 Å². The van der Waals surface area contributed by atoms with E-state index in [1.807, 2.05) is 31.5 Å². The summed E-state index contributed by atoms with van der Waals surface area (Å²) in [5.74, 6) is 0.284. The number of hydrogen-bond donors (Lipinski definition) is 2. The first-order valence-corrected chi connectivity index (χ1v) is 11.6. The number of ketones is 2. The minimum absolute atomic E-state index is 0. The third kappa shape index (κ3) is 8.20. The summed E-state index contributed by atoms with van der Waals surface area (Å²) in [6.07, 6.45) is 2.47. The summed E-state index contributed by atoms with van der Waals surface area (Å²) < 4.78 is 2.11. The first-order valence-electron chi connectivity index (χ1n) is 10.7. The minimum atomic E-state index is -0.466. The molecule has 7 nitrogen and oxygen atoms in total. The van der Waals surface area contributed by atoms with Crippen molar-refractivity contribution in [3.05, 3.63) is 105 Å². The Hall–Kier alpha value is -3.17. The number of halogens is 2. The molecule has 2 heterocycles. The van der Waals surface area contributed by atoms with Crippen LogP contribution in [0.15, 0.2) is 72.4 Å². The fourth-order valence-electron chi connectivity index (χ4n) is 3.21. The van der Waals surface area contributed by atoms with E-state index < -0.39 is 11.6 Å². The van der Waals surface area contributed by atoms with Gasteiger partial charge in [0, 0.05) is 37.3 Å². The van der Waals surface area contributed by atoms with E-state index in [1.165, 1.54) is 4.88 Å². The standard InChI is InChI=1S/C14H10O2.C12H17N4OS.2ClH/c15-13(11-7-3-1-4-8-11)14(16)12-9-5-2-6-10-12;1-8-11(3-4-17)18-7-16(8)6-10-5-14-9(2)15-12(10)13;;/h1-10H;5,7,17H,3-4,6H2,1-2H3,(H2,13,14,15);2*1H/q;+1;;/p-1. The van der Waals surface area contributed by atoms with Crippen LogP contribution in [0.1, 0.15) is 42.7 Å². The highest BCUT2D eigenvalue weighted by molar-refractivity contribution is 7.09. The van der Waals surface area contributed by atoms with Gasteiger partial charge in [0.25, 0.3) is 0 Å². The highest BCUT2D eigenvalue weighted by Crippen LogP contribution is 2.13. The van der Waals surface area contributed by atoms with Gasteiger partial charge in [-0.2, -0.15) is 4.57 Å². The molecule has 0 aliphatic rings. The van der Waals surface area contributed by atoms with E-state index in [0.29, 0.717) is 35.7 Å². The van der Waals surface area contributed by atoms with E-state index in [-0.39, 0.29) is 31.4 Å². The molecule has 0 spiro atoms. The molecule has 0 fully saturated rings. The maximum Gasteiger partial charge on any atom is 0.233 e. The van der Waals surface area contributed by atoms with Crippen molar-refractivity contribution in [1.82, 2.24) is 9.97 Å². The molecule has 4 rings (SSSR count). The number of Topliss-reactive ketones (excluding diaryl/α,β-unsaturated/α-hetero) is 2. The fraction of sp³-hybridized carbons (Fsp3) is 0.192. The summed E-state index contributed by atoms with van der Waals surface area (Å²) >= 11 is 1.65. The highest BCUT2D eigenvalue weighted by atomic mass is 35.5. The van der Waals surface area contributed by atoms with Crippen molar-refractivity contribution in [1.29, 1.82) is 0 Å². The average molecular weight is 548 g/mol. The number of aromatic nitrogens is 3. The molecule has 10 heteroatoms. The Kier molecular flexibility index (Phi) is 12.9. The second-order valence-electron chi connectivity index (χ2n) is 7.55. The van der Waals surface area contributed by atoms with E-state index in [2.05, 4.69) is 14.5 Å². The van der Waals surface area contributed by atoms with Gasteiger partial charge in [-0.1, -0.05) is 72.0 Å². The van der Waals surface area contributed by atoms with Crippen molar-refractivity contribution in [3.63, 3.8) is 0 Å². The van der Waals surface area contributed by atoms with E-state index in [4.69, 9.17) is 10.8 Å². The first-order chi connectivity index (χ1) is 16.4. The SMILES string of the molecule is Cc1ncc(C[n+]2csc(CCO)c2C)c(N)n1.Cl.O=C(C(=O)c1ccccc1)c1ccccc1.[Cl-]. The summed E-state index contributed by atoms with van der Waals surface area (Å²) in [6, 6.07) is 17.2. The lowest BCUT2D eigenvalue weighted by Gasteiger charge is -2.01. The number of aliphatic hydroxyl groups excluding tert-OH is 1. The quantitative estimate of drug-likeness (QED) is 0.201. The number of aryl methyl sites for hydroxylation is 1. The fourth-order valence-corrected chi connectivity index (χ4v) is 4.19. The van der Waals surface area contributed by atoms with E-state index >= 15 is 0 Å². The van der Waals surface area contributed by atoms with Crippen LogP contribution in [0, 0.1) is 13.8 Å². The van der Waals surface area contributed by atoms with Crippen LogP contribution in [-0.4, -0.2) is 33.2 Å². The predicted octanol–water partition coefficient (Wildman–Crippen LogP) is 0.786. The second-order valence-corrected chi connectivity index (χ2v) is 8.49. The molecule has 36 heavy (non-hydrogen) atoms. The van der Waals surface area contributed by atoms with Gasteiger partial charge in [0.05, 0.1) is 10.4 Å². The molecule has 0 unspecified atom stereocenters. The summed E-state index contributed by atoms with van der Waals surface area (Å²) in [6.45, 7) is 4.71. The second kappa shape index (κ2) is 15.1. The lowest BCUT2D eigenvalue weighted by molar-refractivity contribution is -0.689. The summed E-state index contributed by atoms with van der Waals surface area (Å²) in [5.41, 5.74) is 10.9. The van der Waals surface area contributed by atoms with Crippen molar-refractivity contribution in [2.45, 2.75) is 26.8 Å². The molecule has 4 aromatic rings. The first kappa shape index (κ1) is 30.9. The third-order valence-corrected chi connectivity index (χ3v) is 6.28. The number of hydrogen-bond acceptors (Lipinski definition) is 7. The van der Waals surface area contributed by atoms with Gasteiger partial charge in [-0.05, 0) is 6.92 Å². The smallest absolute Gasteiger partial charge is 0.233 e. The van der Waals surface area contributed by atoms with E-state index in [0.717, 1.165) is 11.3 Å². The number of benzene rings is 2. The van der Waals surface area contributed by atoms with Gasteiger partial charge < -0.3 is 23.2 Å². The van der Waals surface area contributed by atoms with Gasteiger partial charge in [0.1, 0.15) is 11.6 Å². The Morgan fingerprint density at radius 2 is 1.50 bits per heavy atom. The molecule has 2 aromatic carbocycles. The maximum absolute atomic E-state index is 11.8. The predicted molar refractivity (Wildman–Crippen MR) is 139 cm³/mol. The largest absolute Gasteiger partial charge is 1.00 e. The van der Waals surface area contributed by atoms with Crippen LogP contribution >= 0.6 is 23.7 Å². The average Bonchev–Trinajstić information content (AvgIpc) is 3.20. The third-order valence-electron chi connectivity index (χ3n) is 5.13. The Morgan fingerprint density at radius 3 is 1.97 bits per heavy atom. The molecule has 0 amide bonds. The van der Waals surface area contributed by atoms with Gasteiger partial charge in [0.15, 0.2) is 12.2 Å². The molecule has 190 valence electrons. The number of anilines is 1. The number of nitrogens with zero attached hydrogens (tertiary/aromatic N) is 3. The van der Waals surface area contributed by atoms with Gasteiger partial charge in [0.2, 0.25) is 17.1 Å². The van der Waals surface area contributed by atoms with Crippen molar-refractivity contribution in [3.8, 4) is 0 Å². The molecule has 3 N–H and O–H groups in total. The van der Waals surface area contributed by atoms with Gasteiger partial charge >= 0.3 is 0 Å². The van der Waals surface area contributed by atoms with Crippen LogP contribution in [0.2, 0.25) is 0 Å². The van der Waals surface area contributed by atoms with Gasteiger partial charge in [-0.3, -0.25) is 9.59 Å². The van der Waals surface area contributed by atoms with Crippen molar-refractivity contribution in [2.24, 2.45) is 0 Å². The molecule has 0 saturated carbocycles. The van der Waals surface area contributed by atoms with E-state index in [9.17, 15) is 9.59 Å². The van der Waals surface area contributed by atoms with Crippen LogP contribution in [0.4, 0.5) is 5.82 Å². The number of thiazole rings is 1. The van der Waals surface area contributed by atoms with Crippen LogP contribution < -0.4 is 22.7 Å². The monoisotopic (exact) mass is 546 g/mol. The lowest BCUT2D eigenvalue weighted by Crippen LogP contribution is -3.00. The highest BCUT2D eigenvalue weighted by Gasteiger charge is 2.18. The molecule has 0 bridgehead atoms. The Labute approximate surface area is 226 Å². The summed E-state index contributed by atoms with van der Waals surface area (Å²) in [5, 5.41) is 8.98. The molecule has 0 aliphatic heterocycles. The lowest BCUT2D eigenvalue weighted by atomic mass is 10.0. The van der Waals surface area contributed by atoms with Crippen molar-refractivity contribution in [2.75, 3.05) is 12.3 Å². The zero-order valence-electron chi connectivity index (χ0n) is 19.9. The summed E-state index contributed by atoms with van der Waals surface area (Å²) in [7, 11) is 0. The molecular formula is C26H28Cl2N4O3S. The zero-order valence-corrected chi connectivity index (χ0v) is 22.3. The van der Waals surface area contributed by atoms with Crippen LogP contribution in [0.25, 0.3) is 0 Å². The van der Waals surface area contributed by atoms with Gasteiger partial charge in [-0.25, -0.2) is 9.97 Å². The zero-order chi connectivity index (χ0) is 24.5. The van der Waals surface area contributed by atoms with Crippen LogP contribution in [0.5, 0.6) is 0 Å². The van der Waals surface area contributed by atoms with Crippen LogP contribution in [0.3, 0.4) is 0 Å². The van der Waals surface area contributed by atoms with Crippen molar-refractivity contribution >= 4 is 41.1 Å². The van der Waals surface area contributed by atoms with Crippen LogP contribution in [-0.2, 0) is 13.0 Å².